The molecule has 4 fully saturated rings. The fraction of sp³-hybridized carbons (Fsp3) is 0.632. The molecule has 5 heteroatoms. The van der Waals surface area contributed by atoms with Gasteiger partial charge >= 0.3 is 6.18 Å². The maximum Gasteiger partial charge on any atom is 0.416 e. The molecule has 0 heterocycles. The van der Waals surface area contributed by atoms with Gasteiger partial charge in [-0.2, -0.15) is 13.2 Å². The number of carbonyl (C=O) groups excluding carboxylic acids is 1. The van der Waals surface area contributed by atoms with Gasteiger partial charge in [0.25, 0.3) is 5.91 Å². The summed E-state index contributed by atoms with van der Waals surface area (Å²) in [6, 6.07) is 4.68. The summed E-state index contributed by atoms with van der Waals surface area (Å²) in [5.74, 6) is 1.99. The van der Waals surface area contributed by atoms with Crippen LogP contribution < -0.4 is 5.32 Å². The van der Waals surface area contributed by atoms with Gasteiger partial charge in [-0.3, -0.25) is 4.79 Å². The molecule has 4 bridgehead atoms. The van der Waals surface area contributed by atoms with Crippen molar-refractivity contribution in [3.05, 3.63) is 35.4 Å². The van der Waals surface area contributed by atoms with Crippen LogP contribution in [0.5, 0.6) is 0 Å². The Kier molecular flexibility index (Phi) is 3.66. The third kappa shape index (κ3) is 2.93. The summed E-state index contributed by atoms with van der Waals surface area (Å²) in [5.41, 5.74) is -0.494. The van der Waals surface area contributed by atoms with Gasteiger partial charge in [-0.05, 0) is 79.9 Å². The van der Waals surface area contributed by atoms with Crippen LogP contribution >= 0.6 is 0 Å². The average Bonchev–Trinajstić information content (AvgIpc) is 2.51. The molecule has 2 nitrogen and oxygen atoms in total. The first kappa shape index (κ1) is 16.0. The predicted octanol–water partition coefficient (Wildman–Crippen LogP) is 4.65. The van der Waals surface area contributed by atoms with E-state index in [2.05, 4.69) is 5.32 Å². The van der Waals surface area contributed by atoms with Crippen LogP contribution in [0.15, 0.2) is 24.3 Å². The van der Waals surface area contributed by atoms with E-state index in [-0.39, 0.29) is 11.0 Å². The first-order valence-electron chi connectivity index (χ1n) is 8.78. The molecule has 1 aromatic rings. The summed E-state index contributed by atoms with van der Waals surface area (Å²) in [4.78, 5) is 12.3. The number of amides is 1. The summed E-state index contributed by atoms with van der Waals surface area (Å²) in [6.45, 7) is 0.603. The molecule has 4 aliphatic rings. The standard InChI is InChI=1S/C19H22F3NO/c20-19(21,22)16-3-1-2-15(7-16)17(24)23-11-18-8-12-4-13(9-18)6-14(5-12)10-18/h1-3,7,12-14H,4-6,8-11H2,(H,23,24). The van der Waals surface area contributed by atoms with Crippen molar-refractivity contribution in [2.75, 3.05) is 6.54 Å². The summed E-state index contributed by atoms with van der Waals surface area (Å²) >= 11 is 0. The van der Waals surface area contributed by atoms with Gasteiger partial charge < -0.3 is 5.32 Å². The molecular weight excluding hydrogens is 315 g/mol. The van der Waals surface area contributed by atoms with Crippen LogP contribution in [0.1, 0.15) is 54.4 Å². The van der Waals surface area contributed by atoms with E-state index in [0.717, 1.165) is 29.9 Å². The molecule has 4 saturated carbocycles. The highest BCUT2D eigenvalue weighted by molar-refractivity contribution is 5.94. The van der Waals surface area contributed by atoms with Crippen LogP contribution in [-0.2, 0) is 6.18 Å². The van der Waals surface area contributed by atoms with Gasteiger partial charge in [-0.1, -0.05) is 6.07 Å². The second-order valence-electron chi connectivity index (χ2n) is 8.18. The Morgan fingerprint density at radius 1 is 1.08 bits per heavy atom. The Bertz CT molecular complexity index is 617. The number of hydrogen-bond donors (Lipinski definition) is 1. The van der Waals surface area contributed by atoms with E-state index in [9.17, 15) is 18.0 Å². The van der Waals surface area contributed by atoms with Crippen LogP contribution in [0.3, 0.4) is 0 Å². The van der Waals surface area contributed by atoms with Gasteiger partial charge in [0, 0.05) is 12.1 Å². The minimum absolute atomic E-state index is 0.0922. The second-order valence-corrected chi connectivity index (χ2v) is 8.18. The fourth-order valence-electron chi connectivity index (χ4n) is 5.71. The van der Waals surface area contributed by atoms with Crippen molar-refractivity contribution >= 4 is 5.91 Å². The first-order chi connectivity index (χ1) is 11.3. The van der Waals surface area contributed by atoms with Crippen molar-refractivity contribution in [2.45, 2.75) is 44.7 Å². The number of carbonyl (C=O) groups is 1. The Morgan fingerprint density at radius 3 is 2.21 bits per heavy atom. The van der Waals surface area contributed by atoms with E-state index >= 15 is 0 Å². The monoisotopic (exact) mass is 337 g/mol. The molecule has 130 valence electrons. The molecule has 0 atom stereocenters. The Morgan fingerprint density at radius 2 is 1.67 bits per heavy atom. The van der Waals surface area contributed by atoms with Gasteiger partial charge in [0.05, 0.1) is 5.56 Å². The Balaban J connectivity index is 1.44. The number of nitrogens with one attached hydrogen (secondary N) is 1. The molecule has 0 saturated heterocycles. The first-order valence-corrected chi connectivity index (χ1v) is 8.78. The number of halogens is 3. The highest BCUT2D eigenvalue weighted by Gasteiger charge is 2.50. The largest absolute Gasteiger partial charge is 0.416 e. The summed E-state index contributed by atoms with van der Waals surface area (Å²) in [6.07, 6.45) is 3.09. The molecule has 0 unspecified atom stereocenters. The van der Waals surface area contributed by atoms with Crippen molar-refractivity contribution in [3.63, 3.8) is 0 Å². The normalized spacial score (nSPS) is 34.4. The predicted molar refractivity (Wildman–Crippen MR) is 84.4 cm³/mol. The lowest BCUT2D eigenvalue weighted by atomic mass is 9.49. The zero-order chi connectivity index (χ0) is 16.9. The van der Waals surface area contributed by atoms with Gasteiger partial charge in [-0.25, -0.2) is 0 Å². The fourth-order valence-corrected chi connectivity index (χ4v) is 5.71. The maximum atomic E-state index is 12.8. The van der Waals surface area contributed by atoms with Crippen molar-refractivity contribution in [1.82, 2.24) is 5.32 Å². The second kappa shape index (κ2) is 5.50. The van der Waals surface area contributed by atoms with E-state index in [1.54, 1.807) is 0 Å². The van der Waals surface area contributed by atoms with Crippen LogP contribution in [0.4, 0.5) is 13.2 Å². The third-order valence-electron chi connectivity index (χ3n) is 6.24. The van der Waals surface area contributed by atoms with Crippen molar-refractivity contribution in [1.29, 1.82) is 0 Å². The Labute approximate surface area is 139 Å². The van der Waals surface area contributed by atoms with Gasteiger partial charge in [-0.15, -0.1) is 0 Å². The van der Waals surface area contributed by atoms with E-state index in [1.807, 2.05) is 0 Å². The molecule has 1 aromatic carbocycles. The molecule has 0 aliphatic heterocycles. The minimum atomic E-state index is -4.42. The summed E-state index contributed by atoms with van der Waals surface area (Å²) < 4.78 is 38.4. The number of benzene rings is 1. The topological polar surface area (TPSA) is 29.1 Å². The van der Waals surface area contributed by atoms with Crippen LogP contribution in [0, 0.1) is 23.2 Å². The SMILES string of the molecule is O=C(NCC12CC3CC(CC(C3)C1)C2)c1cccc(C(F)(F)F)c1. The molecule has 0 aromatic heterocycles. The van der Waals surface area contributed by atoms with Gasteiger partial charge in [0.15, 0.2) is 0 Å². The lowest BCUT2D eigenvalue weighted by Crippen LogP contribution is -2.51. The van der Waals surface area contributed by atoms with Gasteiger partial charge in [0.1, 0.15) is 0 Å². The molecule has 24 heavy (non-hydrogen) atoms. The molecule has 1 amide bonds. The summed E-state index contributed by atoms with van der Waals surface area (Å²) in [5, 5.41) is 2.93. The molecule has 0 radical (unpaired) electrons. The average molecular weight is 337 g/mol. The molecule has 0 spiro atoms. The van der Waals surface area contributed by atoms with E-state index in [0.29, 0.717) is 6.54 Å². The zero-order valence-electron chi connectivity index (χ0n) is 13.5. The van der Waals surface area contributed by atoms with E-state index in [4.69, 9.17) is 0 Å². The number of rotatable bonds is 3. The van der Waals surface area contributed by atoms with Crippen molar-refractivity contribution in [2.24, 2.45) is 23.2 Å². The van der Waals surface area contributed by atoms with E-state index in [1.165, 1.54) is 50.7 Å². The van der Waals surface area contributed by atoms with Crippen LogP contribution in [0.25, 0.3) is 0 Å². The molecule has 4 aliphatic carbocycles. The lowest BCUT2D eigenvalue weighted by Gasteiger charge is -2.56. The minimum Gasteiger partial charge on any atom is -0.351 e. The lowest BCUT2D eigenvalue weighted by molar-refractivity contribution is -0.137. The Hall–Kier alpha value is -1.52. The van der Waals surface area contributed by atoms with Gasteiger partial charge in [0.2, 0.25) is 0 Å². The highest BCUT2D eigenvalue weighted by atomic mass is 19.4. The maximum absolute atomic E-state index is 12.8. The third-order valence-corrected chi connectivity index (χ3v) is 6.24. The number of alkyl halides is 3. The van der Waals surface area contributed by atoms with Crippen LogP contribution in [-0.4, -0.2) is 12.5 Å². The summed E-state index contributed by atoms with van der Waals surface area (Å²) in [7, 11) is 0. The zero-order valence-corrected chi connectivity index (χ0v) is 13.5. The van der Waals surface area contributed by atoms with Crippen molar-refractivity contribution < 1.29 is 18.0 Å². The quantitative estimate of drug-likeness (QED) is 0.854. The molecule has 5 rings (SSSR count). The highest BCUT2D eigenvalue weighted by Crippen LogP contribution is 2.59. The van der Waals surface area contributed by atoms with Crippen LogP contribution in [0.2, 0.25) is 0 Å². The number of hydrogen-bond acceptors (Lipinski definition) is 1. The molecular formula is C19H22F3NO. The van der Waals surface area contributed by atoms with Crippen molar-refractivity contribution in [3.8, 4) is 0 Å². The van der Waals surface area contributed by atoms with E-state index < -0.39 is 17.6 Å². The molecule has 1 N–H and O–H groups in total. The smallest absolute Gasteiger partial charge is 0.351 e.